The smallest absolute Gasteiger partial charge is 0.257 e. The molecule has 2 aliphatic heterocycles. The van der Waals surface area contributed by atoms with Crippen LogP contribution in [0, 0.1) is 0 Å². The van der Waals surface area contributed by atoms with Crippen LogP contribution >= 0.6 is 23.2 Å². The molecule has 308 valence electrons. The third kappa shape index (κ3) is 16.4. The second kappa shape index (κ2) is 24.9. The van der Waals surface area contributed by atoms with Gasteiger partial charge >= 0.3 is 0 Å². The lowest BCUT2D eigenvalue weighted by Crippen LogP contribution is -2.42. The van der Waals surface area contributed by atoms with Crippen molar-refractivity contribution in [2.75, 3.05) is 66.5 Å². The van der Waals surface area contributed by atoms with Crippen LogP contribution in [-0.4, -0.2) is 120 Å². The van der Waals surface area contributed by atoms with E-state index in [0.29, 0.717) is 46.5 Å². The minimum absolute atomic E-state index is 0.0642. The van der Waals surface area contributed by atoms with E-state index in [4.69, 9.17) is 27.9 Å². The number of piperidine rings is 2. The molecule has 0 spiro atoms. The third-order valence-corrected chi connectivity index (χ3v) is 11.9. The number of aromatic hydroxyl groups is 2. The van der Waals surface area contributed by atoms with E-state index in [2.05, 4.69) is 9.80 Å². The summed E-state index contributed by atoms with van der Waals surface area (Å²) in [5.74, 6) is -0.459. The Bertz CT molecular complexity index is 1330. The van der Waals surface area contributed by atoms with Crippen molar-refractivity contribution in [1.29, 1.82) is 0 Å². The van der Waals surface area contributed by atoms with Crippen LogP contribution < -0.4 is 0 Å². The van der Waals surface area contributed by atoms with Gasteiger partial charge in [-0.1, -0.05) is 87.4 Å². The molecule has 2 fully saturated rings. The van der Waals surface area contributed by atoms with E-state index >= 15 is 0 Å². The normalized spacial score (nSPS) is 16.1. The lowest BCUT2D eigenvalue weighted by atomic mass is 10.0. The number of hydrogen-bond acceptors (Lipinski definition) is 7. The molecule has 0 saturated carbocycles. The standard InChI is InChI=1S/C44H68Cl2N4O5/c1-47(43(53)39-19-17-35(45)33-41(39)51)25-13-9-5-3-7-11-15-27-49-29-21-37(22-30-49)55-38-23-31-50(32-24-38)28-16-12-8-4-6-10-14-26-48(2)44(54)40-20-18-36(46)34-42(40)52/h17-20,33-34,37-38,51-52H,3-16,21-32H2,1-2H3. The summed E-state index contributed by atoms with van der Waals surface area (Å²) in [4.78, 5) is 33.8. The summed E-state index contributed by atoms with van der Waals surface area (Å²) in [5, 5.41) is 20.9. The van der Waals surface area contributed by atoms with Crippen molar-refractivity contribution in [2.24, 2.45) is 0 Å². The highest BCUT2D eigenvalue weighted by atomic mass is 35.5. The molecule has 2 aliphatic rings. The first kappa shape index (κ1) is 45.1. The summed E-state index contributed by atoms with van der Waals surface area (Å²) in [6.45, 7) is 8.44. The zero-order valence-corrected chi connectivity index (χ0v) is 35.2. The maximum Gasteiger partial charge on any atom is 0.257 e. The fourth-order valence-electron chi connectivity index (χ4n) is 7.93. The Morgan fingerprint density at radius 1 is 0.582 bits per heavy atom. The molecule has 2 amide bonds. The van der Waals surface area contributed by atoms with Gasteiger partial charge in [-0.25, -0.2) is 0 Å². The predicted octanol–water partition coefficient (Wildman–Crippen LogP) is 9.66. The number of halogens is 2. The predicted molar refractivity (Wildman–Crippen MR) is 225 cm³/mol. The van der Waals surface area contributed by atoms with Gasteiger partial charge in [-0.2, -0.15) is 0 Å². The monoisotopic (exact) mass is 802 g/mol. The van der Waals surface area contributed by atoms with Gasteiger partial charge < -0.3 is 34.5 Å². The van der Waals surface area contributed by atoms with Crippen LogP contribution in [-0.2, 0) is 4.74 Å². The van der Waals surface area contributed by atoms with Crippen LogP contribution in [0.2, 0.25) is 10.0 Å². The maximum atomic E-state index is 12.6. The number of nitrogens with zero attached hydrogens (tertiary/aromatic N) is 4. The Balaban J connectivity index is 0.904. The number of rotatable bonds is 24. The first-order valence-corrected chi connectivity index (χ1v) is 21.9. The number of benzene rings is 2. The molecule has 0 aromatic heterocycles. The number of carbonyl (C=O) groups excluding carboxylic acids is 2. The van der Waals surface area contributed by atoms with Crippen LogP contribution in [0.25, 0.3) is 0 Å². The molecule has 2 saturated heterocycles. The minimum Gasteiger partial charge on any atom is -0.507 e. The number of ether oxygens (including phenoxy) is 1. The highest BCUT2D eigenvalue weighted by molar-refractivity contribution is 6.31. The first-order chi connectivity index (χ1) is 26.6. The van der Waals surface area contributed by atoms with Crippen LogP contribution in [0.5, 0.6) is 11.5 Å². The van der Waals surface area contributed by atoms with Gasteiger partial charge in [0.1, 0.15) is 11.5 Å². The van der Waals surface area contributed by atoms with Gasteiger partial charge in [0.2, 0.25) is 0 Å². The Morgan fingerprint density at radius 2 is 0.909 bits per heavy atom. The quantitative estimate of drug-likeness (QED) is 0.102. The van der Waals surface area contributed by atoms with Crippen molar-refractivity contribution in [1.82, 2.24) is 19.6 Å². The molecule has 0 aliphatic carbocycles. The molecule has 11 heteroatoms. The summed E-state index contributed by atoms with van der Waals surface area (Å²) < 4.78 is 6.60. The fourth-order valence-corrected chi connectivity index (χ4v) is 8.26. The van der Waals surface area contributed by atoms with Crippen LogP contribution in [0.4, 0.5) is 0 Å². The van der Waals surface area contributed by atoms with Crippen LogP contribution in [0.3, 0.4) is 0 Å². The van der Waals surface area contributed by atoms with Crippen molar-refractivity contribution < 1.29 is 24.5 Å². The van der Waals surface area contributed by atoms with Gasteiger partial charge in [-0.05, 0) is 101 Å². The average molecular weight is 804 g/mol. The molecule has 2 aromatic carbocycles. The summed E-state index contributed by atoms with van der Waals surface area (Å²) in [5.41, 5.74) is 0.605. The molecule has 2 aromatic rings. The number of phenolic OH excluding ortho intramolecular Hbond substituents is 2. The lowest BCUT2D eigenvalue weighted by molar-refractivity contribution is -0.0650. The van der Waals surface area contributed by atoms with Crippen molar-refractivity contribution in [2.45, 2.75) is 128 Å². The number of unbranched alkanes of at least 4 members (excludes halogenated alkanes) is 12. The van der Waals surface area contributed by atoms with Gasteiger partial charge in [0.05, 0.1) is 23.3 Å². The second-order valence-corrected chi connectivity index (χ2v) is 16.8. The largest absolute Gasteiger partial charge is 0.507 e. The van der Waals surface area contributed by atoms with E-state index in [0.717, 1.165) is 77.5 Å². The summed E-state index contributed by atoms with van der Waals surface area (Å²) in [7, 11) is 3.58. The highest BCUT2D eigenvalue weighted by Gasteiger charge is 2.26. The first-order valence-electron chi connectivity index (χ1n) is 21.2. The average Bonchev–Trinajstić information content (AvgIpc) is 3.17. The molecule has 2 heterocycles. The van der Waals surface area contributed by atoms with Crippen molar-refractivity contribution in [3.63, 3.8) is 0 Å². The summed E-state index contributed by atoms with van der Waals surface area (Å²) in [6.07, 6.45) is 22.2. The molecule has 0 atom stereocenters. The molecular weight excluding hydrogens is 735 g/mol. The summed E-state index contributed by atoms with van der Waals surface area (Å²) >= 11 is 11.8. The van der Waals surface area contributed by atoms with Gasteiger partial charge in [0.25, 0.3) is 11.8 Å². The molecule has 0 radical (unpaired) electrons. The fraction of sp³-hybridized carbons (Fsp3) is 0.682. The maximum absolute atomic E-state index is 12.6. The number of phenols is 2. The van der Waals surface area contributed by atoms with E-state index in [-0.39, 0.29) is 23.3 Å². The van der Waals surface area contributed by atoms with Crippen LogP contribution in [0.1, 0.15) is 136 Å². The number of hydrogen-bond donors (Lipinski definition) is 2. The molecule has 9 nitrogen and oxygen atoms in total. The van der Waals surface area contributed by atoms with Gasteiger partial charge in [-0.3, -0.25) is 9.59 Å². The third-order valence-electron chi connectivity index (χ3n) is 11.5. The lowest BCUT2D eigenvalue weighted by Gasteiger charge is -2.37. The molecule has 4 rings (SSSR count). The number of carbonyl (C=O) groups is 2. The van der Waals surface area contributed by atoms with E-state index in [1.54, 1.807) is 48.2 Å². The van der Waals surface area contributed by atoms with E-state index < -0.39 is 0 Å². The van der Waals surface area contributed by atoms with Crippen molar-refractivity contribution in [3.8, 4) is 11.5 Å². The van der Waals surface area contributed by atoms with Gasteiger partial charge in [0, 0.05) is 63.4 Å². The summed E-state index contributed by atoms with van der Waals surface area (Å²) in [6, 6.07) is 9.26. The van der Waals surface area contributed by atoms with Gasteiger partial charge in [0.15, 0.2) is 0 Å². The Labute approximate surface area is 341 Å². The van der Waals surface area contributed by atoms with E-state index in [9.17, 15) is 19.8 Å². The zero-order valence-electron chi connectivity index (χ0n) is 33.7. The van der Waals surface area contributed by atoms with E-state index in [1.807, 2.05) is 0 Å². The van der Waals surface area contributed by atoms with Crippen molar-refractivity contribution in [3.05, 3.63) is 57.6 Å². The highest BCUT2D eigenvalue weighted by Crippen LogP contribution is 2.25. The SMILES string of the molecule is CN(CCCCCCCCCN1CCC(OC2CCN(CCCCCCCCCN(C)C(=O)c3ccc(Cl)cc3O)CC2)CC1)C(=O)c1ccc(Cl)cc1O. The molecule has 55 heavy (non-hydrogen) atoms. The topological polar surface area (TPSA) is 96.8 Å². The van der Waals surface area contributed by atoms with Crippen LogP contribution in [0.15, 0.2) is 36.4 Å². The number of amides is 2. The van der Waals surface area contributed by atoms with Crippen molar-refractivity contribution >= 4 is 35.0 Å². The Kier molecular flexibility index (Phi) is 20.5. The Morgan fingerprint density at radius 3 is 1.25 bits per heavy atom. The minimum atomic E-state index is -0.165. The second-order valence-electron chi connectivity index (χ2n) is 15.9. The molecular formula is C44H68Cl2N4O5. The zero-order chi connectivity index (χ0) is 39.4. The van der Waals surface area contributed by atoms with E-state index in [1.165, 1.54) is 89.4 Å². The molecule has 0 unspecified atom stereocenters. The molecule has 2 N–H and O–H groups in total. The number of likely N-dealkylation sites (tertiary alicyclic amines) is 2. The molecule has 0 bridgehead atoms. The van der Waals surface area contributed by atoms with Gasteiger partial charge in [-0.15, -0.1) is 0 Å². The Hall–Kier alpha value is -2.56.